The number of imidazole rings is 1. The second-order valence-corrected chi connectivity index (χ2v) is 5.10. The van der Waals surface area contributed by atoms with Gasteiger partial charge in [-0.05, 0) is 49.9 Å². The van der Waals surface area contributed by atoms with E-state index in [0.29, 0.717) is 6.61 Å². The lowest BCUT2D eigenvalue weighted by Gasteiger charge is -2.06. The molecule has 0 fully saturated rings. The van der Waals surface area contributed by atoms with Crippen LogP contribution in [-0.2, 0) is 24.8 Å². The fraction of sp³-hybridized carbons (Fsp3) is 0.562. The first-order chi connectivity index (χ1) is 9.17. The molecule has 0 aliphatic carbocycles. The van der Waals surface area contributed by atoms with E-state index in [1.165, 1.54) is 29.5 Å². The van der Waals surface area contributed by atoms with Crippen LogP contribution in [0.4, 0.5) is 0 Å². The van der Waals surface area contributed by atoms with Gasteiger partial charge >= 0.3 is 0 Å². The monoisotopic (exact) mass is 260 g/mol. The van der Waals surface area contributed by atoms with E-state index in [4.69, 9.17) is 9.72 Å². The Morgan fingerprint density at radius 2 is 2.05 bits per heavy atom. The maximum Gasteiger partial charge on any atom is 0.135 e. The highest BCUT2D eigenvalue weighted by molar-refractivity contribution is 5.78. The summed E-state index contributed by atoms with van der Waals surface area (Å²) in [6.07, 6.45) is 3.62. The van der Waals surface area contributed by atoms with Gasteiger partial charge in [0.15, 0.2) is 0 Å². The SMILES string of the molecule is CCCCc1cc2nc(COCC)n(C)c2cc1C. The third kappa shape index (κ3) is 2.98. The molecule has 0 saturated carbocycles. The van der Waals surface area contributed by atoms with Gasteiger partial charge in [-0.15, -0.1) is 0 Å². The van der Waals surface area contributed by atoms with Crippen molar-refractivity contribution in [1.82, 2.24) is 9.55 Å². The molecule has 0 spiro atoms. The molecule has 0 aliphatic rings. The molecule has 0 aliphatic heterocycles. The molecule has 2 aromatic rings. The first-order valence-corrected chi connectivity index (χ1v) is 7.20. The number of hydrogen-bond acceptors (Lipinski definition) is 2. The predicted octanol–water partition coefficient (Wildman–Crippen LogP) is 3.76. The number of rotatable bonds is 6. The second kappa shape index (κ2) is 6.20. The van der Waals surface area contributed by atoms with Gasteiger partial charge in [-0.2, -0.15) is 0 Å². The fourth-order valence-corrected chi connectivity index (χ4v) is 2.39. The van der Waals surface area contributed by atoms with Crippen molar-refractivity contribution in [2.75, 3.05) is 6.61 Å². The molecule has 3 heteroatoms. The van der Waals surface area contributed by atoms with Crippen molar-refractivity contribution in [3.8, 4) is 0 Å². The van der Waals surface area contributed by atoms with Crippen molar-refractivity contribution in [2.24, 2.45) is 7.05 Å². The number of aryl methyl sites for hydroxylation is 3. The van der Waals surface area contributed by atoms with Crippen LogP contribution in [0.15, 0.2) is 12.1 Å². The van der Waals surface area contributed by atoms with Gasteiger partial charge in [0.1, 0.15) is 12.4 Å². The van der Waals surface area contributed by atoms with E-state index in [1.54, 1.807) is 0 Å². The summed E-state index contributed by atoms with van der Waals surface area (Å²) in [7, 11) is 2.06. The van der Waals surface area contributed by atoms with Gasteiger partial charge in [-0.25, -0.2) is 4.98 Å². The van der Waals surface area contributed by atoms with Gasteiger partial charge in [-0.1, -0.05) is 13.3 Å². The highest BCUT2D eigenvalue weighted by Crippen LogP contribution is 2.22. The summed E-state index contributed by atoms with van der Waals surface area (Å²) in [6.45, 7) is 7.75. The first kappa shape index (κ1) is 14.1. The minimum absolute atomic E-state index is 0.588. The molecule has 0 saturated heterocycles. The third-order valence-electron chi connectivity index (χ3n) is 3.67. The molecule has 0 atom stereocenters. The topological polar surface area (TPSA) is 27.1 Å². The summed E-state index contributed by atoms with van der Waals surface area (Å²) >= 11 is 0. The maximum atomic E-state index is 5.47. The Labute approximate surface area is 115 Å². The van der Waals surface area contributed by atoms with E-state index >= 15 is 0 Å². The van der Waals surface area contributed by atoms with E-state index in [9.17, 15) is 0 Å². The van der Waals surface area contributed by atoms with Gasteiger partial charge < -0.3 is 9.30 Å². The lowest BCUT2D eigenvalue weighted by atomic mass is 10.0. The number of unbranched alkanes of at least 4 members (excludes halogenated alkanes) is 1. The maximum absolute atomic E-state index is 5.47. The lowest BCUT2D eigenvalue weighted by Crippen LogP contribution is -2.00. The summed E-state index contributed by atoms with van der Waals surface area (Å²) in [6, 6.07) is 4.50. The van der Waals surface area contributed by atoms with Crippen molar-refractivity contribution >= 4 is 11.0 Å². The van der Waals surface area contributed by atoms with E-state index in [2.05, 4.69) is 37.6 Å². The Morgan fingerprint density at radius 3 is 2.74 bits per heavy atom. The van der Waals surface area contributed by atoms with Crippen LogP contribution in [0.1, 0.15) is 43.6 Å². The van der Waals surface area contributed by atoms with Crippen LogP contribution < -0.4 is 0 Å². The molecule has 1 heterocycles. The molecular formula is C16H24N2O. The summed E-state index contributed by atoms with van der Waals surface area (Å²) in [5, 5.41) is 0. The molecule has 0 amide bonds. The quantitative estimate of drug-likeness (QED) is 0.790. The lowest BCUT2D eigenvalue weighted by molar-refractivity contribution is 0.126. The van der Waals surface area contributed by atoms with E-state index in [1.807, 2.05) is 6.92 Å². The van der Waals surface area contributed by atoms with Gasteiger partial charge in [0.25, 0.3) is 0 Å². The Hall–Kier alpha value is -1.35. The van der Waals surface area contributed by atoms with Crippen molar-refractivity contribution in [3.63, 3.8) is 0 Å². The van der Waals surface area contributed by atoms with Gasteiger partial charge in [0.05, 0.1) is 11.0 Å². The molecular weight excluding hydrogens is 236 g/mol. The normalized spacial score (nSPS) is 11.4. The highest BCUT2D eigenvalue weighted by Gasteiger charge is 2.10. The summed E-state index contributed by atoms with van der Waals surface area (Å²) in [5.41, 5.74) is 5.09. The summed E-state index contributed by atoms with van der Waals surface area (Å²) < 4.78 is 7.61. The number of benzene rings is 1. The Bertz CT molecular complexity index is 551. The van der Waals surface area contributed by atoms with Crippen LogP contribution in [0.2, 0.25) is 0 Å². The Morgan fingerprint density at radius 1 is 1.26 bits per heavy atom. The summed E-state index contributed by atoms with van der Waals surface area (Å²) in [5.74, 6) is 1.00. The van der Waals surface area contributed by atoms with Crippen LogP contribution in [-0.4, -0.2) is 16.2 Å². The van der Waals surface area contributed by atoms with Crippen LogP contribution in [0, 0.1) is 6.92 Å². The van der Waals surface area contributed by atoms with Crippen LogP contribution in [0.5, 0.6) is 0 Å². The van der Waals surface area contributed by atoms with Gasteiger partial charge in [0.2, 0.25) is 0 Å². The average Bonchev–Trinajstić information content (AvgIpc) is 2.70. The van der Waals surface area contributed by atoms with Crippen molar-refractivity contribution in [2.45, 2.75) is 46.6 Å². The molecule has 1 aromatic carbocycles. The van der Waals surface area contributed by atoms with E-state index in [0.717, 1.165) is 24.4 Å². The molecule has 0 radical (unpaired) electrons. The number of nitrogens with zero attached hydrogens (tertiary/aromatic N) is 2. The molecule has 0 bridgehead atoms. The van der Waals surface area contributed by atoms with Crippen LogP contribution >= 0.6 is 0 Å². The number of hydrogen-bond donors (Lipinski definition) is 0. The molecule has 3 nitrogen and oxygen atoms in total. The first-order valence-electron chi connectivity index (χ1n) is 7.20. The second-order valence-electron chi connectivity index (χ2n) is 5.10. The number of ether oxygens (including phenoxy) is 1. The van der Waals surface area contributed by atoms with Gasteiger partial charge in [-0.3, -0.25) is 0 Å². The highest BCUT2D eigenvalue weighted by atomic mass is 16.5. The van der Waals surface area contributed by atoms with E-state index < -0.39 is 0 Å². The van der Waals surface area contributed by atoms with Crippen LogP contribution in [0.25, 0.3) is 11.0 Å². The zero-order valence-electron chi connectivity index (χ0n) is 12.5. The average molecular weight is 260 g/mol. The zero-order chi connectivity index (χ0) is 13.8. The number of aromatic nitrogens is 2. The summed E-state index contributed by atoms with van der Waals surface area (Å²) in [4.78, 5) is 4.70. The zero-order valence-corrected chi connectivity index (χ0v) is 12.5. The third-order valence-corrected chi connectivity index (χ3v) is 3.67. The molecule has 1 aromatic heterocycles. The fourth-order valence-electron chi connectivity index (χ4n) is 2.39. The Kier molecular flexibility index (Phi) is 4.59. The number of fused-ring (bicyclic) bond motifs is 1. The molecule has 0 unspecified atom stereocenters. The van der Waals surface area contributed by atoms with Crippen molar-refractivity contribution in [1.29, 1.82) is 0 Å². The molecule has 0 N–H and O–H groups in total. The molecule has 104 valence electrons. The van der Waals surface area contributed by atoms with Gasteiger partial charge in [0, 0.05) is 13.7 Å². The molecule has 2 rings (SSSR count). The largest absolute Gasteiger partial charge is 0.374 e. The minimum Gasteiger partial charge on any atom is -0.374 e. The Balaban J connectivity index is 2.37. The van der Waals surface area contributed by atoms with Crippen LogP contribution in [0.3, 0.4) is 0 Å². The predicted molar refractivity (Wildman–Crippen MR) is 79.4 cm³/mol. The van der Waals surface area contributed by atoms with Crippen molar-refractivity contribution < 1.29 is 4.74 Å². The van der Waals surface area contributed by atoms with E-state index in [-0.39, 0.29) is 0 Å². The van der Waals surface area contributed by atoms with Crippen molar-refractivity contribution in [3.05, 3.63) is 29.1 Å². The molecule has 19 heavy (non-hydrogen) atoms. The standard InChI is InChI=1S/C16H24N2O/c1-5-7-8-13-10-14-15(9-12(13)3)18(4)16(17-14)11-19-6-2/h9-10H,5-8,11H2,1-4H3. The smallest absolute Gasteiger partial charge is 0.135 e. The minimum atomic E-state index is 0.588.